The predicted octanol–water partition coefficient (Wildman–Crippen LogP) is 4.35. The monoisotopic (exact) mass is 307 g/mol. The summed E-state index contributed by atoms with van der Waals surface area (Å²) in [7, 11) is 0. The molecular formula is C16H25N3OS. The van der Waals surface area contributed by atoms with Gasteiger partial charge in [-0.25, -0.2) is 9.97 Å². The number of aryl methyl sites for hydroxylation is 1. The van der Waals surface area contributed by atoms with E-state index in [1.165, 1.54) is 4.88 Å². The summed E-state index contributed by atoms with van der Waals surface area (Å²) in [4.78, 5) is 11.9. The van der Waals surface area contributed by atoms with Gasteiger partial charge in [0.25, 0.3) is 0 Å². The normalized spacial score (nSPS) is 14.3. The molecule has 0 aliphatic carbocycles. The number of aromatic nitrogens is 2. The van der Waals surface area contributed by atoms with Crippen molar-refractivity contribution >= 4 is 27.4 Å². The minimum atomic E-state index is -0.427. The molecule has 1 unspecified atom stereocenters. The molecule has 2 heterocycles. The second-order valence-electron chi connectivity index (χ2n) is 5.23. The van der Waals surface area contributed by atoms with Crippen LogP contribution in [0.1, 0.15) is 51.7 Å². The van der Waals surface area contributed by atoms with Gasteiger partial charge < -0.3 is 10.1 Å². The minimum Gasteiger partial charge on any atom is -0.370 e. The average molecular weight is 307 g/mol. The zero-order valence-electron chi connectivity index (χ0n) is 13.6. The molecule has 2 rings (SSSR count). The van der Waals surface area contributed by atoms with Crippen LogP contribution in [0.2, 0.25) is 0 Å². The van der Waals surface area contributed by atoms with E-state index in [9.17, 15) is 0 Å². The molecule has 1 N–H and O–H groups in total. The fourth-order valence-corrected chi connectivity index (χ4v) is 3.29. The van der Waals surface area contributed by atoms with Gasteiger partial charge in [-0.1, -0.05) is 13.8 Å². The van der Waals surface area contributed by atoms with Gasteiger partial charge in [-0.05, 0) is 39.7 Å². The number of nitrogens with zero attached hydrogens (tertiary/aromatic N) is 2. The van der Waals surface area contributed by atoms with Crippen LogP contribution in [-0.4, -0.2) is 23.1 Å². The maximum absolute atomic E-state index is 5.93. The first-order valence-corrected chi connectivity index (χ1v) is 8.58. The van der Waals surface area contributed by atoms with Crippen molar-refractivity contribution in [2.45, 2.75) is 53.1 Å². The third-order valence-electron chi connectivity index (χ3n) is 3.75. The van der Waals surface area contributed by atoms with Crippen molar-refractivity contribution in [3.05, 3.63) is 16.8 Å². The molecule has 0 radical (unpaired) electrons. The number of anilines is 1. The Kier molecular flexibility index (Phi) is 5.17. The van der Waals surface area contributed by atoms with E-state index in [0.29, 0.717) is 6.61 Å². The first-order chi connectivity index (χ1) is 10.1. The Balaban J connectivity index is 2.59. The summed E-state index contributed by atoms with van der Waals surface area (Å²) >= 11 is 1.75. The Labute approximate surface area is 131 Å². The van der Waals surface area contributed by atoms with Crippen LogP contribution in [0.25, 0.3) is 10.2 Å². The number of rotatable bonds is 7. The lowest BCUT2D eigenvalue weighted by Crippen LogP contribution is -2.28. The van der Waals surface area contributed by atoms with E-state index in [1.54, 1.807) is 11.3 Å². The molecule has 116 valence electrons. The van der Waals surface area contributed by atoms with Crippen molar-refractivity contribution in [3.8, 4) is 0 Å². The van der Waals surface area contributed by atoms with Crippen LogP contribution in [0.15, 0.2) is 6.07 Å². The van der Waals surface area contributed by atoms with Crippen LogP contribution in [0.5, 0.6) is 0 Å². The van der Waals surface area contributed by atoms with Crippen LogP contribution in [0.4, 0.5) is 5.82 Å². The maximum Gasteiger partial charge on any atom is 0.163 e. The summed E-state index contributed by atoms with van der Waals surface area (Å²) in [6.45, 7) is 12.0. The van der Waals surface area contributed by atoms with E-state index >= 15 is 0 Å². The molecule has 0 aliphatic rings. The lowest BCUT2D eigenvalue weighted by molar-refractivity contribution is -0.0386. The molecule has 4 nitrogen and oxygen atoms in total. The topological polar surface area (TPSA) is 47.0 Å². The van der Waals surface area contributed by atoms with Gasteiger partial charge in [0, 0.05) is 18.0 Å². The highest BCUT2D eigenvalue weighted by atomic mass is 32.1. The van der Waals surface area contributed by atoms with E-state index in [1.807, 2.05) is 6.92 Å². The summed E-state index contributed by atoms with van der Waals surface area (Å²) in [5, 5.41) is 4.49. The van der Waals surface area contributed by atoms with Gasteiger partial charge in [-0.15, -0.1) is 11.3 Å². The Morgan fingerprint density at radius 2 is 2.00 bits per heavy atom. The third-order valence-corrected chi connectivity index (χ3v) is 4.92. The van der Waals surface area contributed by atoms with E-state index in [-0.39, 0.29) is 0 Å². The number of hydrogen-bond donors (Lipinski definition) is 1. The van der Waals surface area contributed by atoms with Crippen molar-refractivity contribution in [2.24, 2.45) is 0 Å². The van der Waals surface area contributed by atoms with Gasteiger partial charge in [-0.2, -0.15) is 0 Å². The highest BCUT2D eigenvalue weighted by Crippen LogP contribution is 2.34. The van der Waals surface area contributed by atoms with Crippen molar-refractivity contribution in [2.75, 3.05) is 18.5 Å². The summed E-state index contributed by atoms with van der Waals surface area (Å²) in [5.41, 5.74) is -0.427. The minimum absolute atomic E-state index is 0.427. The third kappa shape index (κ3) is 3.19. The molecule has 1 atom stereocenters. The smallest absolute Gasteiger partial charge is 0.163 e. The summed E-state index contributed by atoms with van der Waals surface area (Å²) in [6, 6.07) is 2.20. The molecular weight excluding hydrogens is 282 g/mol. The maximum atomic E-state index is 5.93. The molecule has 2 aromatic heterocycles. The number of thiophene rings is 1. The van der Waals surface area contributed by atoms with E-state index < -0.39 is 5.60 Å². The summed E-state index contributed by atoms with van der Waals surface area (Å²) in [5.74, 6) is 1.70. The highest BCUT2D eigenvalue weighted by Gasteiger charge is 2.29. The number of hydrogen-bond acceptors (Lipinski definition) is 5. The first-order valence-electron chi connectivity index (χ1n) is 7.76. The zero-order chi connectivity index (χ0) is 15.5. The quantitative estimate of drug-likeness (QED) is 0.826. The molecule has 0 saturated carbocycles. The van der Waals surface area contributed by atoms with Crippen molar-refractivity contribution in [3.63, 3.8) is 0 Å². The van der Waals surface area contributed by atoms with Gasteiger partial charge in [0.05, 0.1) is 5.39 Å². The SMILES string of the molecule is CCNc1nc(C(C)(CC)OCC)nc2sc(CC)cc12. The van der Waals surface area contributed by atoms with Gasteiger partial charge in [-0.3, -0.25) is 0 Å². The number of nitrogens with one attached hydrogen (secondary N) is 1. The molecule has 5 heteroatoms. The van der Waals surface area contributed by atoms with Crippen molar-refractivity contribution in [1.82, 2.24) is 9.97 Å². The summed E-state index contributed by atoms with van der Waals surface area (Å²) in [6.07, 6.45) is 1.88. The molecule has 0 fully saturated rings. The van der Waals surface area contributed by atoms with E-state index in [4.69, 9.17) is 14.7 Å². The van der Waals surface area contributed by atoms with Crippen molar-refractivity contribution < 1.29 is 4.74 Å². The van der Waals surface area contributed by atoms with Gasteiger partial charge in [0.1, 0.15) is 16.2 Å². The van der Waals surface area contributed by atoms with E-state index in [2.05, 4.69) is 39.1 Å². The number of ether oxygens (including phenoxy) is 1. The van der Waals surface area contributed by atoms with Gasteiger partial charge in [0.15, 0.2) is 5.82 Å². The molecule has 0 bridgehead atoms. The van der Waals surface area contributed by atoms with Gasteiger partial charge >= 0.3 is 0 Å². The second kappa shape index (κ2) is 6.71. The Morgan fingerprint density at radius 3 is 2.57 bits per heavy atom. The Hall–Kier alpha value is -1.20. The average Bonchev–Trinajstić information content (AvgIpc) is 2.91. The second-order valence-corrected chi connectivity index (χ2v) is 6.34. The Morgan fingerprint density at radius 1 is 1.24 bits per heavy atom. The molecule has 0 aromatic carbocycles. The molecule has 0 aliphatic heterocycles. The molecule has 0 saturated heterocycles. The molecule has 0 amide bonds. The van der Waals surface area contributed by atoms with Crippen molar-refractivity contribution in [1.29, 1.82) is 0 Å². The fourth-order valence-electron chi connectivity index (χ4n) is 2.33. The van der Waals surface area contributed by atoms with Crippen LogP contribution < -0.4 is 5.32 Å². The molecule has 0 spiro atoms. The Bertz CT molecular complexity index is 611. The van der Waals surface area contributed by atoms with Gasteiger partial charge in [0.2, 0.25) is 0 Å². The standard InChI is InChI=1S/C16H25N3OS/c1-6-11-10-12-13(17-8-3)18-15(19-14(12)21-11)16(5,7-2)20-9-4/h10H,6-9H2,1-5H3,(H,17,18,19). The van der Waals surface area contributed by atoms with Crippen LogP contribution in [0.3, 0.4) is 0 Å². The van der Waals surface area contributed by atoms with Crippen LogP contribution in [-0.2, 0) is 16.8 Å². The largest absolute Gasteiger partial charge is 0.370 e. The molecule has 2 aromatic rings. The van der Waals surface area contributed by atoms with E-state index in [0.717, 1.165) is 41.2 Å². The lowest BCUT2D eigenvalue weighted by Gasteiger charge is -2.26. The zero-order valence-corrected chi connectivity index (χ0v) is 14.4. The predicted molar refractivity (Wildman–Crippen MR) is 90.2 cm³/mol. The highest BCUT2D eigenvalue weighted by molar-refractivity contribution is 7.18. The first kappa shape index (κ1) is 16.2. The molecule has 21 heavy (non-hydrogen) atoms. The summed E-state index contributed by atoms with van der Waals surface area (Å²) < 4.78 is 5.93. The fraction of sp³-hybridized carbons (Fsp3) is 0.625. The van der Waals surface area contributed by atoms with Crippen LogP contribution >= 0.6 is 11.3 Å². The van der Waals surface area contributed by atoms with Crippen LogP contribution in [0, 0.1) is 0 Å². The lowest BCUT2D eigenvalue weighted by atomic mass is 10.0. The number of fused-ring (bicyclic) bond motifs is 1.